The molecular weight excluding hydrogens is 340 g/mol. The molecular formula is C15H17ClN2O2S2. The van der Waals surface area contributed by atoms with Crippen molar-refractivity contribution in [2.75, 3.05) is 20.2 Å². The fraction of sp³-hybridized carbons (Fsp3) is 0.467. The van der Waals surface area contributed by atoms with E-state index in [4.69, 9.17) is 16.3 Å². The average molecular weight is 357 g/mol. The van der Waals surface area contributed by atoms with E-state index in [0.29, 0.717) is 11.4 Å². The average Bonchev–Trinajstić information content (AvgIpc) is 3.19. The van der Waals surface area contributed by atoms with Gasteiger partial charge in [0.25, 0.3) is 5.91 Å². The van der Waals surface area contributed by atoms with Crippen molar-refractivity contribution < 1.29 is 9.53 Å². The van der Waals surface area contributed by atoms with Gasteiger partial charge in [0.1, 0.15) is 9.88 Å². The number of thiazole rings is 1. The fourth-order valence-corrected chi connectivity index (χ4v) is 4.64. The Hall–Kier alpha value is -0.950. The van der Waals surface area contributed by atoms with Crippen LogP contribution >= 0.6 is 34.3 Å². The van der Waals surface area contributed by atoms with E-state index in [9.17, 15) is 4.79 Å². The highest BCUT2D eigenvalue weighted by Gasteiger charge is 2.24. The number of aryl methyl sites for hydroxylation is 1. The van der Waals surface area contributed by atoms with Gasteiger partial charge >= 0.3 is 0 Å². The zero-order valence-electron chi connectivity index (χ0n) is 12.5. The van der Waals surface area contributed by atoms with Gasteiger partial charge in [-0.25, -0.2) is 4.98 Å². The summed E-state index contributed by atoms with van der Waals surface area (Å²) < 4.78 is 6.33. The fourth-order valence-electron chi connectivity index (χ4n) is 2.48. The number of rotatable bonds is 4. The van der Waals surface area contributed by atoms with Crippen LogP contribution < -0.4 is 0 Å². The number of thiophene rings is 1. The van der Waals surface area contributed by atoms with Gasteiger partial charge in [-0.1, -0.05) is 11.6 Å². The number of carbonyl (C=O) groups excluding carboxylic acids is 1. The first-order valence-corrected chi connectivity index (χ1v) is 9.16. The second-order valence-corrected chi connectivity index (χ2v) is 8.07. The van der Waals surface area contributed by atoms with Gasteiger partial charge < -0.3 is 9.64 Å². The van der Waals surface area contributed by atoms with Gasteiger partial charge in [-0.3, -0.25) is 4.79 Å². The van der Waals surface area contributed by atoms with Crippen LogP contribution in [0.2, 0.25) is 4.34 Å². The maximum absolute atomic E-state index is 12.6. The molecule has 2 aromatic heterocycles. The largest absolute Gasteiger partial charge is 0.376 e. The number of hydrogen-bond acceptors (Lipinski definition) is 5. The monoisotopic (exact) mass is 356 g/mol. The van der Waals surface area contributed by atoms with Crippen LogP contribution in [-0.2, 0) is 4.74 Å². The molecule has 1 unspecified atom stereocenters. The van der Waals surface area contributed by atoms with Crippen molar-refractivity contribution >= 4 is 40.2 Å². The zero-order valence-corrected chi connectivity index (χ0v) is 14.9. The molecule has 3 heterocycles. The van der Waals surface area contributed by atoms with Crippen molar-refractivity contribution in [2.45, 2.75) is 25.9 Å². The molecule has 1 saturated heterocycles. The summed E-state index contributed by atoms with van der Waals surface area (Å²) in [7, 11) is 1.82. The number of ether oxygens (including phenoxy) is 1. The lowest BCUT2D eigenvalue weighted by Gasteiger charge is -2.20. The third kappa shape index (κ3) is 3.35. The van der Waals surface area contributed by atoms with Crippen molar-refractivity contribution in [3.63, 3.8) is 0 Å². The Labute approximate surface area is 142 Å². The van der Waals surface area contributed by atoms with Crippen LogP contribution in [0, 0.1) is 6.92 Å². The normalized spacial score (nSPS) is 17.9. The summed E-state index contributed by atoms with van der Waals surface area (Å²) >= 11 is 8.88. The second-order valence-electron chi connectivity index (χ2n) is 5.36. The number of aromatic nitrogens is 1. The van der Waals surface area contributed by atoms with E-state index in [1.54, 1.807) is 4.90 Å². The molecule has 0 radical (unpaired) electrons. The van der Waals surface area contributed by atoms with Gasteiger partial charge in [-0.2, -0.15) is 0 Å². The van der Waals surface area contributed by atoms with E-state index in [2.05, 4.69) is 4.98 Å². The maximum Gasteiger partial charge on any atom is 0.265 e. The first kappa shape index (κ1) is 15.9. The van der Waals surface area contributed by atoms with E-state index in [1.165, 1.54) is 22.7 Å². The van der Waals surface area contributed by atoms with Gasteiger partial charge in [0.2, 0.25) is 0 Å². The molecule has 118 valence electrons. The van der Waals surface area contributed by atoms with Crippen molar-refractivity contribution in [1.29, 1.82) is 0 Å². The van der Waals surface area contributed by atoms with Crippen molar-refractivity contribution in [2.24, 2.45) is 0 Å². The Balaban J connectivity index is 1.76. The van der Waals surface area contributed by atoms with Gasteiger partial charge in [0.05, 0.1) is 21.0 Å². The molecule has 22 heavy (non-hydrogen) atoms. The van der Waals surface area contributed by atoms with Gasteiger partial charge in [0, 0.05) is 20.2 Å². The summed E-state index contributed by atoms with van der Waals surface area (Å²) in [6.45, 7) is 3.31. The molecule has 3 rings (SSSR count). The lowest BCUT2D eigenvalue weighted by Crippen LogP contribution is -2.33. The third-order valence-corrected chi connectivity index (χ3v) is 6.17. The molecule has 0 aromatic carbocycles. The van der Waals surface area contributed by atoms with Crippen molar-refractivity contribution in [3.8, 4) is 9.88 Å². The molecule has 0 spiro atoms. The number of amides is 1. The third-order valence-electron chi connectivity index (χ3n) is 3.62. The Morgan fingerprint density at radius 3 is 2.95 bits per heavy atom. The molecule has 7 heteroatoms. The summed E-state index contributed by atoms with van der Waals surface area (Å²) in [5.74, 6) is 0.0133. The lowest BCUT2D eigenvalue weighted by molar-refractivity contribution is 0.0590. The standard InChI is InChI=1S/C15H17ClN2O2S2/c1-9-13(15(19)18(2)8-10-4-3-7-20-10)22-14(17-9)11-5-6-12(16)21-11/h5-6,10H,3-4,7-8H2,1-2H3. The smallest absolute Gasteiger partial charge is 0.265 e. The number of halogens is 1. The highest BCUT2D eigenvalue weighted by Crippen LogP contribution is 2.35. The molecule has 0 saturated carbocycles. The molecule has 0 N–H and O–H groups in total. The minimum Gasteiger partial charge on any atom is -0.376 e. The Morgan fingerprint density at radius 1 is 1.50 bits per heavy atom. The minimum atomic E-state index is 0.0133. The van der Waals surface area contributed by atoms with E-state index in [1.807, 2.05) is 26.1 Å². The molecule has 1 atom stereocenters. The molecule has 1 fully saturated rings. The minimum absolute atomic E-state index is 0.0133. The molecule has 1 aliphatic rings. The Kier molecular flexibility index (Phi) is 4.82. The Bertz CT molecular complexity index is 677. The van der Waals surface area contributed by atoms with Gasteiger partial charge in [-0.15, -0.1) is 22.7 Å². The van der Waals surface area contributed by atoms with Crippen LogP contribution in [-0.4, -0.2) is 42.1 Å². The predicted octanol–water partition coefficient (Wildman–Crippen LogP) is 4.08. The van der Waals surface area contributed by atoms with Crippen LogP contribution in [0.1, 0.15) is 28.2 Å². The lowest BCUT2D eigenvalue weighted by atomic mass is 10.2. The van der Waals surface area contributed by atoms with Crippen molar-refractivity contribution in [1.82, 2.24) is 9.88 Å². The first-order chi connectivity index (χ1) is 10.5. The van der Waals surface area contributed by atoms with Crippen LogP contribution in [0.5, 0.6) is 0 Å². The maximum atomic E-state index is 12.6. The van der Waals surface area contributed by atoms with Crippen LogP contribution in [0.3, 0.4) is 0 Å². The van der Waals surface area contributed by atoms with Gasteiger partial charge in [-0.05, 0) is 31.9 Å². The summed E-state index contributed by atoms with van der Waals surface area (Å²) in [5.41, 5.74) is 0.772. The van der Waals surface area contributed by atoms with Crippen LogP contribution in [0.4, 0.5) is 0 Å². The molecule has 0 aliphatic carbocycles. The zero-order chi connectivity index (χ0) is 15.7. The summed E-state index contributed by atoms with van der Waals surface area (Å²) in [6.07, 6.45) is 2.27. The number of hydrogen-bond donors (Lipinski definition) is 0. The quantitative estimate of drug-likeness (QED) is 0.828. The highest BCUT2D eigenvalue weighted by molar-refractivity contribution is 7.24. The number of nitrogens with zero attached hydrogens (tertiary/aromatic N) is 2. The molecule has 1 aliphatic heterocycles. The van der Waals surface area contributed by atoms with Gasteiger partial charge in [0.15, 0.2) is 0 Å². The number of carbonyl (C=O) groups is 1. The molecule has 2 aromatic rings. The van der Waals surface area contributed by atoms with Crippen molar-refractivity contribution in [3.05, 3.63) is 27.0 Å². The van der Waals surface area contributed by atoms with Crippen LogP contribution in [0.25, 0.3) is 9.88 Å². The Morgan fingerprint density at radius 2 is 2.32 bits per heavy atom. The summed E-state index contributed by atoms with van der Waals surface area (Å²) in [5, 5.41) is 0.850. The number of likely N-dealkylation sites (N-methyl/N-ethyl adjacent to an activating group) is 1. The topological polar surface area (TPSA) is 42.4 Å². The van der Waals surface area contributed by atoms with E-state index < -0.39 is 0 Å². The molecule has 0 bridgehead atoms. The second kappa shape index (κ2) is 6.66. The van der Waals surface area contributed by atoms with E-state index >= 15 is 0 Å². The summed E-state index contributed by atoms with van der Waals surface area (Å²) in [6, 6.07) is 3.79. The van der Waals surface area contributed by atoms with E-state index in [0.717, 1.165) is 39.4 Å². The molecule has 4 nitrogen and oxygen atoms in total. The van der Waals surface area contributed by atoms with Crippen LogP contribution in [0.15, 0.2) is 12.1 Å². The SMILES string of the molecule is Cc1nc(-c2ccc(Cl)s2)sc1C(=O)N(C)CC1CCCO1. The highest BCUT2D eigenvalue weighted by atomic mass is 35.5. The predicted molar refractivity (Wildman–Crippen MR) is 91.1 cm³/mol. The first-order valence-electron chi connectivity index (χ1n) is 7.15. The summed E-state index contributed by atoms with van der Waals surface area (Å²) in [4.78, 5) is 20.6. The van der Waals surface area contributed by atoms with E-state index in [-0.39, 0.29) is 12.0 Å². The molecule has 1 amide bonds.